The van der Waals surface area contributed by atoms with Crippen LogP contribution in [0.2, 0.25) is 0 Å². The highest BCUT2D eigenvalue weighted by Gasteiger charge is 2.29. The third kappa shape index (κ3) is 3.71. The van der Waals surface area contributed by atoms with Gasteiger partial charge in [-0.2, -0.15) is 0 Å². The Morgan fingerprint density at radius 3 is 2.74 bits per heavy atom. The maximum atomic E-state index is 11.8. The summed E-state index contributed by atoms with van der Waals surface area (Å²) in [6, 6.07) is 5.54. The van der Waals surface area contributed by atoms with Gasteiger partial charge in [0, 0.05) is 5.92 Å². The Balaban J connectivity index is 1.90. The predicted molar refractivity (Wildman–Crippen MR) is 72.1 cm³/mol. The Hall–Kier alpha value is -2.04. The van der Waals surface area contributed by atoms with E-state index in [1.54, 1.807) is 13.2 Å². The number of amides is 2. The van der Waals surface area contributed by atoms with Crippen LogP contribution in [-0.4, -0.2) is 25.5 Å². The smallest absolute Gasteiger partial charge is 0.243 e. The zero-order chi connectivity index (χ0) is 13.8. The van der Waals surface area contributed by atoms with E-state index in [1.807, 2.05) is 19.1 Å². The number of hydrogen-bond donors (Lipinski definition) is 2. The summed E-state index contributed by atoms with van der Waals surface area (Å²) in [6.07, 6.45) is 1.86. The van der Waals surface area contributed by atoms with Crippen LogP contribution in [0.25, 0.3) is 0 Å². The summed E-state index contributed by atoms with van der Waals surface area (Å²) in [7, 11) is 1.55. The second-order valence-corrected chi connectivity index (χ2v) is 4.74. The van der Waals surface area contributed by atoms with E-state index in [0.29, 0.717) is 11.4 Å². The van der Waals surface area contributed by atoms with Crippen molar-refractivity contribution in [2.75, 3.05) is 19.0 Å². The van der Waals surface area contributed by atoms with Crippen molar-refractivity contribution in [2.45, 2.75) is 19.8 Å². The van der Waals surface area contributed by atoms with Crippen molar-refractivity contribution >= 4 is 17.5 Å². The van der Waals surface area contributed by atoms with Crippen LogP contribution in [0.4, 0.5) is 5.69 Å². The van der Waals surface area contributed by atoms with Crippen molar-refractivity contribution in [3.63, 3.8) is 0 Å². The monoisotopic (exact) mass is 262 g/mol. The molecule has 1 aliphatic rings. The summed E-state index contributed by atoms with van der Waals surface area (Å²) in [5.74, 6) is 0.429. The number of nitrogens with one attached hydrogen (secondary N) is 2. The van der Waals surface area contributed by atoms with Crippen molar-refractivity contribution in [3.05, 3.63) is 23.8 Å². The molecule has 19 heavy (non-hydrogen) atoms. The lowest BCUT2D eigenvalue weighted by Crippen LogP contribution is -2.33. The zero-order valence-electron chi connectivity index (χ0n) is 11.2. The van der Waals surface area contributed by atoms with Crippen molar-refractivity contribution in [3.8, 4) is 5.75 Å². The molecule has 5 nitrogen and oxygen atoms in total. The number of ether oxygens (including phenoxy) is 1. The van der Waals surface area contributed by atoms with Gasteiger partial charge in [-0.25, -0.2) is 0 Å². The Labute approximate surface area is 112 Å². The quantitative estimate of drug-likeness (QED) is 0.844. The average molecular weight is 262 g/mol. The first-order chi connectivity index (χ1) is 9.10. The normalized spacial score (nSPS) is 13.8. The summed E-state index contributed by atoms with van der Waals surface area (Å²) < 4.78 is 5.17. The van der Waals surface area contributed by atoms with Crippen LogP contribution in [0, 0.1) is 12.8 Å². The van der Waals surface area contributed by atoms with Crippen molar-refractivity contribution in [1.29, 1.82) is 0 Å². The van der Waals surface area contributed by atoms with E-state index in [1.165, 1.54) is 0 Å². The molecule has 1 fully saturated rings. The fourth-order valence-corrected chi connectivity index (χ4v) is 1.77. The van der Waals surface area contributed by atoms with Crippen LogP contribution in [0.1, 0.15) is 18.4 Å². The minimum Gasteiger partial charge on any atom is -0.495 e. The molecule has 1 aromatic carbocycles. The van der Waals surface area contributed by atoms with Crippen molar-refractivity contribution in [2.24, 2.45) is 5.92 Å². The minimum atomic E-state index is -0.252. The van der Waals surface area contributed by atoms with Crippen LogP contribution in [-0.2, 0) is 9.59 Å². The van der Waals surface area contributed by atoms with E-state index < -0.39 is 0 Å². The highest BCUT2D eigenvalue weighted by atomic mass is 16.5. The van der Waals surface area contributed by atoms with E-state index in [-0.39, 0.29) is 24.3 Å². The van der Waals surface area contributed by atoms with Crippen LogP contribution >= 0.6 is 0 Å². The maximum absolute atomic E-state index is 11.8. The predicted octanol–water partition coefficient (Wildman–Crippen LogP) is 1.47. The molecule has 1 aromatic rings. The van der Waals surface area contributed by atoms with Crippen molar-refractivity contribution in [1.82, 2.24) is 5.32 Å². The Morgan fingerprint density at radius 1 is 1.37 bits per heavy atom. The van der Waals surface area contributed by atoms with Gasteiger partial charge in [0.25, 0.3) is 0 Å². The molecule has 0 aliphatic heterocycles. The fourth-order valence-electron chi connectivity index (χ4n) is 1.77. The van der Waals surface area contributed by atoms with E-state index in [9.17, 15) is 9.59 Å². The van der Waals surface area contributed by atoms with E-state index in [2.05, 4.69) is 10.6 Å². The first kappa shape index (κ1) is 13.4. The SMILES string of the molecule is COc1ccc(C)cc1NC(=O)CNC(=O)C1CC1. The van der Waals surface area contributed by atoms with Gasteiger partial charge in [0.1, 0.15) is 5.75 Å². The molecule has 0 saturated heterocycles. The average Bonchev–Trinajstić information content (AvgIpc) is 3.20. The molecular formula is C14H18N2O3. The summed E-state index contributed by atoms with van der Waals surface area (Å²) in [5, 5.41) is 5.36. The van der Waals surface area contributed by atoms with E-state index in [4.69, 9.17) is 4.74 Å². The molecule has 5 heteroatoms. The molecule has 0 atom stereocenters. The lowest BCUT2D eigenvalue weighted by molar-refractivity contribution is -0.125. The lowest BCUT2D eigenvalue weighted by atomic mass is 10.2. The Morgan fingerprint density at radius 2 is 2.11 bits per heavy atom. The third-order valence-electron chi connectivity index (χ3n) is 3.00. The Kier molecular flexibility index (Phi) is 4.04. The van der Waals surface area contributed by atoms with Gasteiger partial charge in [0.2, 0.25) is 11.8 Å². The van der Waals surface area contributed by atoms with Gasteiger partial charge in [0.15, 0.2) is 0 Å². The van der Waals surface area contributed by atoms with Gasteiger partial charge in [-0.05, 0) is 37.5 Å². The fraction of sp³-hybridized carbons (Fsp3) is 0.429. The lowest BCUT2D eigenvalue weighted by Gasteiger charge is -2.11. The van der Waals surface area contributed by atoms with E-state index >= 15 is 0 Å². The molecule has 0 heterocycles. The van der Waals surface area contributed by atoms with Gasteiger partial charge in [-0.1, -0.05) is 6.07 Å². The number of carbonyl (C=O) groups excluding carboxylic acids is 2. The topological polar surface area (TPSA) is 67.4 Å². The maximum Gasteiger partial charge on any atom is 0.243 e. The molecule has 0 radical (unpaired) electrons. The van der Waals surface area contributed by atoms with Crippen molar-refractivity contribution < 1.29 is 14.3 Å². The zero-order valence-corrected chi connectivity index (χ0v) is 11.2. The molecule has 1 saturated carbocycles. The third-order valence-corrected chi connectivity index (χ3v) is 3.00. The number of carbonyl (C=O) groups is 2. The van der Waals surface area contributed by atoms with Gasteiger partial charge in [0.05, 0.1) is 19.3 Å². The number of rotatable bonds is 5. The number of anilines is 1. The van der Waals surface area contributed by atoms with Crippen LogP contribution < -0.4 is 15.4 Å². The Bertz CT molecular complexity index is 495. The van der Waals surface area contributed by atoms with Gasteiger partial charge < -0.3 is 15.4 Å². The second kappa shape index (κ2) is 5.73. The molecule has 2 rings (SSSR count). The standard InChI is InChI=1S/C14H18N2O3/c1-9-3-6-12(19-2)11(7-9)16-13(17)8-15-14(18)10-4-5-10/h3,6-7,10H,4-5,8H2,1-2H3,(H,15,18)(H,16,17). The van der Waals surface area contributed by atoms with Gasteiger partial charge in [-0.3, -0.25) is 9.59 Å². The largest absolute Gasteiger partial charge is 0.495 e. The minimum absolute atomic E-state index is 0.00751. The van der Waals surface area contributed by atoms with Gasteiger partial charge >= 0.3 is 0 Å². The van der Waals surface area contributed by atoms with Crippen LogP contribution in [0.3, 0.4) is 0 Å². The summed E-state index contributed by atoms with van der Waals surface area (Å²) >= 11 is 0. The molecule has 1 aliphatic carbocycles. The number of hydrogen-bond acceptors (Lipinski definition) is 3. The molecule has 0 unspecified atom stereocenters. The molecule has 102 valence electrons. The van der Waals surface area contributed by atoms with E-state index in [0.717, 1.165) is 18.4 Å². The second-order valence-electron chi connectivity index (χ2n) is 4.74. The number of benzene rings is 1. The van der Waals surface area contributed by atoms with Crippen LogP contribution in [0.15, 0.2) is 18.2 Å². The summed E-state index contributed by atoms with van der Waals surface area (Å²) in [4.78, 5) is 23.2. The summed E-state index contributed by atoms with van der Waals surface area (Å²) in [6.45, 7) is 1.93. The molecule has 0 aromatic heterocycles. The first-order valence-corrected chi connectivity index (χ1v) is 6.32. The molecular weight excluding hydrogens is 244 g/mol. The molecule has 0 bridgehead atoms. The first-order valence-electron chi connectivity index (χ1n) is 6.32. The number of aryl methyl sites for hydroxylation is 1. The summed E-state index contributed by atoms with van der Waals surface area (Å²) in [5.41, 5.74) is 1.64. The molecule has 0 spiro atoms. The van der Waals surface area contributed by atoms with Gasteiger partial charge in [-0.15, -0.1) is 0 Å². The highest BCUT2D eigenvalue weighted by Crippen LogP contribution is 2.28. The molecule has 2 amide bonds. The molecule has 2 N–H and O–H groups in total. The highest BCUT2D eigenvalue weighted by molar-refractivity contribution is 5.96. The van der Waals surface area contributed by atoms with Crippen LogP contribution in [0.5, 0.6) is 5.75 Å². The number of methoxy groups -OCH3 is 1.